The summed E-state index contributed by atoms with van der Waals surface area (Å²) in [6.45, 7) is 2.12. The number of rotatable bonds is 6. The Balaban J connectivity index is 1.48. The van der Waals surface area contributed by atoms with Gasteiger partial charge in [0.15, 0.2) is 5.13 Å². The van der Waals surface area contributed by atoms with Crippen molar-refractivity contribution in [1.82, 2.24) is 15.0 Å². The Morgan fingerprint density at radius 1 is 0.969 bits per heavy atom. The predicted octanol–water partition coefficient (Wildman–Crippen LogP) is 6.28. The number of carbonyl (C=O) groups is 1. The molecule has 7 heteroatoms. The minimum Gasteiger partial charge on any atom is -0.274 e. The van der Waals surface area contributed by atoms with E-state index in [4.69, 9.17) is 4.98 Å². The first-order chi connectivity index (χ1) is 15.7. The van der Waals surface area contributed by atoms with E-state index in [1.54, 1.807) is 11.1 Å². The van der Waals surface area contributed by atoms with Crippen molar-refractivity contribution >= 4 is 49.6 Å². The van der Waals surface area contributed by atoms with Gasteiger partial charge in [0, 0.05) is 11.6 Å². The third-order valence-electron chi connectivity index (χ3n) is 5.09. The summed E-state index contributed by atoms with van der Waals surface area (Å²) in [5.74, 6) is -0.0637. The summed E-state index contributed by atoms with van der Waals surface area (Å²) in [5.41, 5.74) is 4.48. The smallest absolute Gasteiger partial charge is 0.239 e. The molecule has 0 aliphatic rings. The molecule has 1 amide bonds. The number of thiazole rings is 2. The molecule has 0 spiro atoms. The van der Waals surface area contributed by atoms with Gasteiger partial charge in [-0.1, -0.05) is 48.6 Å². The first-order valence-corrected chi connectivity index (χ1v) is 12.0. The number of aromatic nitrogens is 3. The van der Waals surface area contributed by atoms with Crippen LogP contribution in [-0.4, -0.2) is 20.9 Å². The van der Waals surface area contributed by atoms with Crippen LogP contribution in [0.2, 0.25) is 0 Å². The lowest BCUT2D eigenvalue weighted by Gasteiger charge is -2.20. The van der Waals surface area contributed by atoms with Crippen molar-refractivity contribution in [3.8, 4) is 10.7 Å². The minimum atomic E-state index is -0.0637. The Morgan fingerprint density at radius 2 is 1.78 bits per heavy atom. The van der Waals surface area contributed by atoms with Crippen LogP contribution in [0.15, 0.2) is 78.3 Å². The van der Waals surface area contributed by atoms with Crippen LogP contribution >= 0.6 is 22.7 Å². The number of nitrogens with zero attached hydrogens (tertiary/aromatic N) is 4. The monoisotopic (exact) mass is 456 g/mol. The maximum atomic E-state index is 13.5. The summed E-state index contributed by atoms with van der Waals surface area (Å²) in [6.07, 6.45) is 2.88. The highest BCUT2D eigenvalue weighted by Crippen LogP contribution is 2.34. The lowest BCUT2D eigenvalue weighted by molar-refractivity contribution is -0.117. The molecule has 0 atom stereocenters. The maximum Gasteiger partial charge on any atom is 0.239 e. The molecular weight excluding hydrogens is 436 g/mol. The zero-order valence-corrected chi connectivity index (χ0v) is 19.1. The third-order valence-corrected chi connectivity index (χ3v) is 7.03. The molecule has 0 unspecified atom stereocenters. The number of hydrogen-bond acceptors (Lipinski definition) is 6. The van der Waals surface area contributed by atoms with E-state index in [0.717, 1.165) is 38.7 Å². The first kappa shape index (κ1) is 20.5. The molecule has 0 radical (unpaired) electrons. The number of aryl methyl sites for hydroxylation is 1. The normalized spacial score (nSPS) is 11.0. The highest BCUT2D eigenvalue weighted by atomic mass is 32.1. The Hall–Kier alpha value is -3.42. The van der Waals surface area contributed by atoms with Crippen molar-refractivity contribution in [2.75, 3.05) is 4.90 Å². The largest absolute Gasteiger partial charge is 0.274 e. The molecule has 32 heavy (non-hydrogen) atoms. The molecule has 158 valence electrons. The summed E-state index contributed by atoms with van der Waals surface area (Å²) in [5, 5.41) is 3.41. The van der Waals surface area contributed by atoms with E-state index in [9.17, 15) is 4.79 Å². The fraction of sp³-hybridized carbons (Fsp3) is 0.120. The average Bonchev–Trinajstić information content (AvgIpc) is 3.47. The maximum absolute atomic E-state index is 13.5. The number of hydrogen-bond donors (Lipinski definition) is 0. The van der Waals surface area contributed by atoms with Crippen LogP contribution in [0, 0.1) is 0 Å². The topological polar surface area (TPSA) is 59.0 Å². The average molecular weight is 457 g/mol. The van der Waals surface area contributed by atoms with Gasteiger partial charge in [-0.15, -0.1) is 11.3 Å². The van der Waals surface area contributed by atoms with Crippen LogP contribution in [0.3, 0.4) is 0 Å². The van der Waals surface area contributed by atoms with Gasteiger partial charge < -0.3 is 0 Å². The van der Waals surface area contributed by atoms with E-state index in [2.05, 4.69) is 29.0 Å². The number of pyridine rings is 1. The number of para-hydroxylation sites is 1. The molecule has 0 N–H and O–H groups in total. The van der Waals surface area contributed by atoms with E-state index in [1.165, 1.54) is 28.2 Å². The number of benzene rings is 2. The molecule has 0 aliphatic carbocycles. The molecule has 0 saturated heterocycles. The molecule has 0 saturated carbocycles. The highest BCUT2D eigenvalue weighted by Gasteiger charge is 2.23. The van der Waals surface area contributed by atoms with Crippen molar-refractivity contribution in [3.05, 3.63) is 89.6 Å². The molecule has 0 aliphatic heterocycles. The van der Waals surface area contributed by atoms with Crippen LogP contribution in [0.5, 0.6) is 0 Å². The summed E-state index contributed by atoms with van der Waals surface area (Å²) >= 11 is 3.02. The quantitative estimate of drug-likeness (QED) is 0.301. The van der Waals surface area contributed by atoms with Gasteiger partial charge in [-0.2, -0.15) is 0 Å². The number of amides is 1. The second-order valence-corrected chi connectivity index (χ2v) is 9.12. The Kier molecular flexibility index (Phi) is 5.75. The zero-order valence-electron chi connectivity index (χ0n) is 17.4. The van der Waals surface area contributed by atoms with E-state index in [0.29, 0.717) is 5.13 Å². The standard InChI is InChI=1S/C25H20N4OS2/c1-2-17-10-12-19(13-11-17)29(25-28-20-7-3-4-9-22(20)32-25)23(30)15-18-16-31-24(27-18)21-8-5-6-14-26-21/h3-14,16H,2,15H2,1H3. The van der Waals surface area contributed by atoms with E-state index in [-0.39, 0.29) is 12.3 Å². The summed E-state index contributed by atoms with van der Waals surface area (Å²) < 4.78 is 1.05. The number of carbonyl (C=O) groups excluding carboxylic acids is 1. The Morgan fingerprint density at radius 3 is 2.53 bits per heavy atom. The fourth-order valence-corrected chi connectivity index (χ4v) is 5.23. The van der Waals surface area contributed by atoms with Gasteiger partial charge in [-0.3, -0.25) is 14.7 Å². The number of fused-ring (bicyclic) bond motifs is 1. The molecule has 0 bridgehead atoms. The Bertz CT molecular complexity index is 1330. The van der Waals surface area contributed by atoms with Crippen LogP contribution in [0.25, 0.3) is 20.9 Å². The SMILES string of the molecule is CCc1ccc(N(C(=O)Cc2csc(-c3ccccn3)n2)c2nc3ccccc3s2)cc1. The van der Waals surface area contributed by atoms with Crippen LogP contribution in [0.1, 0.15) is 18.2 Å². The van der Waals surface area contributed by atoms with Crippen molar-refractivity contribution in [3.63, 3.8) is 0 Å². The highest BCUT2D eigenvalue weighted by molar-refractivity contribution is 7.22. The van der Waals surface area contributed by atoms with Gasteiger partial charge in [0.25, 0.3) is 0 Å². The summed E-state index contributed by atoms with van der Waals surface area (Å²) in [6, 6.07) is 21.8. The lowest BCUT2D eigenvalue weighted by atomic mass is 10.1. The van der Waals surface area contributed by atoms with Gasteiger partial charge in [-0.25, -0.2) is 9.97 Å². The molecule has 3 heterocycles. The van der Waals surface area contributed by atoms with E-state index in [1.807, 2.05) is 60.0 Å². The van der Waals surface area contributed by atoms with Crippen LogP contribution in [-0.2, 0) is 17.6 Å². The first-order valence-electron chi connectivity index (χ1n) is 10.3. The van der Waals surface area contributed by atoms with Crippen LogP contribution < -0.4 is 4.90 Å². The van der Waals surface area contributed by atoms with Crippen LogP contribution in [0.4, 0.5) is 10.8 Å². The summed E-state index contributed by atoms with van der Waals surface area (Å²) in [7, 11) is 0. The van der Waals surface area contributed by atoms with E-state index < -0.39 is 0 Å². The molecule has 5 nitrogen and oxygen atoms in total. The molecule has 3 aromatic heterocycles. The van der Waals surface area contributed by atoms with Gasteiger partial charge in [0.2, 0.25) is 5.91 Å². The van der Waals surface area contributed by atoms with Gasteiger partial charge >= 0.3 is 0 Å². The second-order valence-electron chi connectivity index (χ2n) is 7.25. The van der Waals surface area contributed by atoms with Crippen molar-refractivity contribution in [1.29, 1.82) is 0 Å². The van der Waals surface area contributed by atoms with E-state index >= 15 is 0 Å². The predicted molar refractivity (Wildman–Crippen MR) is 132 cm³/mol. The lowest BCUT2D eigenvalue weighted by Crippen LogP contribution is -2.27. The third kappa shape index (κ3) is 4.17. The van der Waals surface area contributed by atoms with Crippen molar-refractivity contribution in [2.24, 2.45) is 0 Å². The molecule has 5 rings (SSSR count). The molecule has 2 aromatic carbocycles. The minimum absolute atomic E-state index is 0.0637. The molecule has 0 fully saturated rings. The second kappa shape index (κ2) is 8.98. The Labute approximate surface area is 194 Å². The van der Waals surface area contributed by atoms with Crippen molar-refractivity contribution < 1.29 is 4.79 Å². The van der Waals surface area contributed by atoms with Gasteiger partial charge in [-0.05, 0) is 48.4 Å². The summed E-state index contributed by atoms with van der Waals surface area (Å²) in [4.78, 5) is 29.0. The van der Waals surface area contributed by atoms with Gasteiger partial charge in [0.1, 0.15) is 5.01 Å². The zero-order chi connectivity index (χ0) is 21.9. The molecular formula is C25H20N4OS2. The van der Waals surface area contributed by atoms with Crippen molar-refractivity contribution in [2.45, 2.75) is 19.8 Å². The van der Waals surface area contributed by atoms with Gasteiger partial charge in [0.05, 0.1) is 33.7 Å². The fourth-order valence-electron chi connectivity index (χ4n) is 3.43. The number of anilines is 2. The molecule has 5 aromatic rings.